The monoisotopic (exact) mass is 324 g/mol. The van der Waals surface area contributed by atoms with E-state index in [1.165, 1.54) is 0 Å². The molecule has 8 nitrogen and oxygen atoms in total. The molecule has 23 heavy (non-hydrogen) atoms. The van der Waals surface area contributed by atoms with E-state index in [2.05, 4.69) is 31.1 Å². The summed E-state index contributed by atoms with van der Waals surface area (Å²) in [4.78, 5) is 12.4. The molecule has 0 unspecified atom stereocenters. The van der Waals surface area contributed by atoms with Crippen molar-refractivity contribution in [2.45, 2.75) is 70.4 Å². The molecule has 1 atom stereocenters. The molecule has 130 valence electrons. The van der Waals surface area contributed by atoms with E-state index < -0.39 is 6.04 Å². The van der Waals surface area contributed by atoms with Crippen molar-refractivity contribution in [3.05, 3.63) is 0 Å². The highest BCUT2D eigenvalue weighted by molar-refractivity contribution is 5.81. The Balaban J connectivity index is 1.74. The molecule has 1 amide bonds. The Morgan fingerprint density at radius 1 is 1.04 bits per heavy atom. The molecule has 2 heterocycles. The van der Waals surface area contributed by atoms with Gasteiger partial charge in [0, 0.05) is 25.9 Å². The average Bonchev–Trinajstić information content (AvgIpc) is 3.33. The molecule has 2 rings (SSSR count). The Morgan fingerprint density at radius 3 is 2.04 bits per heavy atom. The summed E-state index contributed by atoms with van der Waals surface area (Å²) in [5.41, 5.74) is -0.837. The number of hydrogen-bond acceptors (Lipinski definition) is 7. The predicted octanol–water partition coefficient (Wildman–Crippen LogP) is 2.02. The molecular weight excluding hydrogens is 296 g/mol. The van der Waals surface area contributed by atoms with Crippen molar-refractivity contribution in [3.63, 3.8) is 0 Å². The average molecular weight is 324 g/mol. The molecular formula is C15H28N6O2. The molecule has 0 aromatic heterocycles. The normalized spacial score (nSPS) is 21.1. The highest BCUT2D eigenvalue weighted by atomic mass is 16.5. The van der Waals surface area contributed by atoms with Crippen molar-refractivity contribution in [2.24, 2.45) is 20.5 Å². The van der Waals surface area contributed by atoms with E-state index in [0.717, 1.165) is 12.8 Å². The minimum atomic E-state index is -0.391. The van der Waals surface area contributed by atoms with Crippen molar-refractivity contribution in [2.75, 3.05) is 19.7 Å². The van der Waals surface area contributed by atoms with E-state index in [9.17, 15) is 4.79 Å². The summed E-state index contributed by atoms with van der Waals surface area (Å²) in [6, 6.07) is -0.391. The van der Waals surface area contributed by atoms with Crippen LogP contribution in [0.15, 0.2) is 20.5 Å². The fraction of sp³-hybridized carbons (Fsp3) is 0.933. The maximum atomic E-state index is 12.4. The fourth-order valence-corrected chi connectivity index (χ4v) is 1.96. The Labute approximate surface area is 137 Å². The highest BCUT2D eigenvalue weighted by Crippen LogP contribution is 2.30. The van der Waals surface area contributed by atoms with Crippen LogP contribution in [0.4, 0.5) is 0 Å². The summed E-state index contributed by atoms with van der Waals surface area (Å²) < 4.78 is 5.76. The van der Waals surface area contributed by atoms with Crippen molar-refractivity contribution in [3.8, 4) is 0 Å². The van der Waals surface area contributed by atoms with Gasteiger partial charge in [0.2, 0.25) is 5.91 Å². The van der Waals surface area contributed by atoms with Gasteiger partial charge in [-0.05, 0) is 34.6 Å². The molecule has 2 aliphatic heterocycles. The lowest BCUT2D eigenvalue weighted by molar-refractivity contribution is -0.126. The molecule has 0 fully saturated rings. The molecule has 0 spiro atoms. The van der Waals surface area contributed by atoms with E-state index >= 15 is 0 Å². The van der Waals surface area contributed by atoms with Gasteiger partial charge in [0.25, 0.3) is 0 Å². The lowest BCUT2D eigenvalue weighted by Crippen LogP contribution is -2.49. The van der Waals surface area contributed by atoms with Gasteiger partial charge < -0.3 is 15.4 Å². The van der Waals surface area contributed by atoms with Crippen molar-refractivity contribution >= 4 is 5.91 Å². The van der Waals surface area contributed by atoms with E-state index in [1.54, 1.807) is 0 Å². The minimum absolute atomic E-state index is 0.0617. The van der Waals surface area contributed by atoms with Crippen molar-refractivity contribution in [1.29, 1.82) is 0 Å². The number of rotatable bonds is 10. The Bertz CT molecular complexity index is 485. The number of ether oxygens (including phenoxy) is 1. The molecule has 0 radical (unpaired) electrons. The summed E-state index contributed by atoms with van der Waals surface area (Å²) in [7, 11) is 0. The second-order valence-corrected chi connectivity index (χ2v) is 7.56. The third-order valence-electron chi connectivity index (χ3n) is 3.77. The Kier molecular flexibility index (Phi) is 5.15. The molecule has 0 saturated heterocycles. The lowest BCUT2D eigenvalue weighted by atomic mass is 10.1. The van der Waals surface area contributed by atoms with Gasteiger partial charge in [0.15, 0.2) is 11.3 Å². The van der Waals surface area contributed by atoms with Crippen LogP contribution in [0.5, 0.6) is 0 Å². The molecule has 0 aliphatic carbocycles. The van der Waals surface area contributed by atoms with Crippen LogP contribution in [-0.4, -0.2) is 48.6 Å². The van der Waals surface area contributed by atoms with Crippen LogP contribution in [0.2, 0.25) is 0 Å². The molecule has 0 saturated carbocycles. The topological polar surface area (TPSA) is 99.8 Å². The summed E-state index contributed by atoms with van der Waals surface area (Å²) in [6.45, 7) is 11.4. The zero-order valence-electron chi connectivity index (χ0n) is 14.7. The molecule has 0 aromatic rings. The van der Waals surface area contributed by atoms with Crippen LogP contribution >= 0.6 is 0 Å². The minimum Gasteiger partial charge on any atom is -0.374 e. The predicted molar refractivity (Wildman–Crippen MR) is 86.3 cm³/mol. The number of nitrogens with zero attached hydrogens (tertiary/aromatic N) is 4. The summed E-state index contributed by atoms with van der Waals surface area (Å²) in [5.74, 6) is -0.0617. The van der Waals surface area contributed by atoms with E-state index in [0.29, 0.717) is 19.7 Å². The highest BCUT2D eigenvalue weighted by Gasteiger charge is 2.34. The Morgan fingerprint density at radius 2 is 1.57 bits per heavy atom. The number of nitrogens with one attached hydrogen (secondary N) is 2. The van der Waals surface area contributed by atoms with Gasteiger partial charge in [0.1, 0.15) is 6.04 Å². The van der Waals surface area contributed by atoms with Gasteiger partial charge in [-0.2, -0.15) is 20.5 Å². The van der Waals surface area contributed by atoms with E-state index in [4.69, 9.17) is 4.74 Å². The van der Waals surface area contributed by atoms with Crippen LogP contribution in [0.3, 0.4) is 0 Å². The van der Waals surface area contributed by atoms with Crippen LogP contribution in [0.1, 0.15) is 47.5 Å². The third kappa shape index (κ3) is 6.70. The number of carbonyl (C=O) groups is 1. The van der Waals surface area contributed by atoms with Crippen LogP contribution in [0, 0.1) is 0 Å². The largest absolute Gasteiger partial charge is 0.374 e. The standard InChI is InChI=1S/C15H28N6O2/c1-13(2,3)23-10-11(16-8-6-14(4)18-19-14)12(22)17-9-7-15(5)20-21-15/h11,16H,6-10H2,1-5H3,(H,17,22)/t11-/m0/s1. The first-order valence-electron chi connectivity index (χ1n) is 8.14. The number of hydrogen-bond donors (Lipinski definition) is 2. The molecule has 2 N–H and O–H groups in total. The zero-order chi connectivity index (χ0) is 17.1. The molecule has 0 bridgehead atoms. The van der Waals surface area contributed by atoms with Crippen LogP contribution in [-0.2, 0) is 9.53 Å². The maximum absolute atomic E-state index is 12.4. The summed E-state index contributed by atoms with van der Waals surface area (Å²) in [6.07, 6.45) is 1.50. The van der Waals surface area contributed by atoms with Gasteiger partial charge in [-0.25, -0.2) is 0 Å². The van der Waals surface area contributed by atoms with Gasteiger partial charge in [-0.3, -0.25) is 4.79 Å². The summed E-state index contributed by atoms with van der Waals surface area (Å²) in [5, 5.41) is 22.0. The van der Waals surface area contributed by atoms with Gasteiger partial charge in [-0.1, -0.05) is 0 Å². The number of carbonyl (C=O) groups excluding carboxylic acids is 1. The van der Waals surface area contributed by atoms with Gasteiger partial charge in [-0.15, -0.1) is 0 Å². The molecule has 0 aromatic carbocycles. The summed E-state index contributed by atoms with van der Waals surface area (Å²) >= 11 is 0. The third-order valence-corrected chi connectivity index (χ3v) is 3.77. The van der Waals surface area contributed by atoms with Crippen molar-refractivity contribution in [1.82, 2.24) is 10.6 Å². The first-order valence-corrected chi connectivity index (χ1v) is 8.14. The smallest absolute Gasteiger partial charge is 0.239 e. The van der Waals surface area contributed by atoms with Gasteiger partial charge >= 0.3 is 0 Å². The fourth-order valence-electron chi connectivity index (χ4n) is 1.96. The number of amides is 1. The second-order valence-electron chi connectivity index (χ2n) is 7.56. The second kappa shape index (κ2) is 6.60. The zero-order valence-corrected chi connectivity index (χ0v) is 14.7. The first kappa shape index (κ1) is 17.9. The van der Waals surface area contributed by atoms with Crippen LogP contribution < -0.4 is 10.6 Å². The Hall–Kier alpha value is -1.41. The lowest BCUT2D eigenvalue weighted by Gasteiger charge is -2.25. The first-order chi connectivity index (χ1) is 10.6. The quantitative estimate of drug-likeness (QED) is 0.643. The van der Waals surface area contributed by atoms with Gasteiger partial charge in [0.05, 0.1) is 12.2 Å². The SMILES string of the molecule is CC1(CCNC(=O)[C@H](COC(C)(C)C)NCCC2(C)N=N2)N=N1. The van der Waals surface area contributed by atoms with Crippen LogP contribution in [0.25, 0.3) is 0 Å². The molecule has 2 aliphatic rings. The van der Waals surface area contributed by atoms with E-state index in [-0.39, 0.29) is 22.8 Å². The molecule has 8 heteroatoms. The maximum Gasteiger partial charge on any atom is 0.239 e. The van der Waals surface area contributed by atoms with Crippen molar-refractivity contribution < 1.29 is 9.53 Å². The van der Waals surface area contributed by atoms with E-state index in [1.807, 2.05) is 34.6 Å².